The Morgan fingerprint density at radius 3 is 1.62 bits per heavy atom. The fourth-order valence-corrected chi connectivity index (χ4v) is 3.45. The number of unbranched alkanes of at least 4 members (excludes halogenated alkanes) is 12. The van der Waals surface area contributed by atoms with E-state index in [1.54, 1.807) is 14.2 Å². The molecule has 0 aliphatic heterocycles. The van der Waals surface area contributed by atoms with Gasteiger partial charge in [-0.2, -0.15) is 0 Å². The monoisotopic (exact) mass is 364 g/mol. The third kappa shape index (κ3) is 10.7. The molecule has 1 aromatic rings. The van der Waals surface area contributed by atoms with Crippen molar-refractivity contribution in [3.63, 3.8) is 0 Å². The summed E-state index contributed by atoms with van der Waals surface area (Å²) in [6, 6.07) is 6.06. The number of ether oxygens (including phenoxy) is 2. The smallest absolute Gasteiger partial charge is 0.122 e. The Balaban J connectivity index is 1.95. The van der Waals surface area contributed by atoms with Gasteiger partial charge in [-0.05, 0) is 43.0 Å². The van der Waals surface area contributed by atoms with Crippen LogP contribution in [0.3, 0.4) is 0 Å². The molecule has 0 aliphatic carbocycles. The Labute approximate surface area is 161 Å². The summed E-state index contributed by atoms with van der Waals surface area (Å²) >= 11 is 0. The van der Waals surface area contributed by atoms with Gasteiger partial charge < -0.3 is 14.6 Å². The molecule has 3 heteroatoms. The molecule has 0 aromatic heterocycles. The molecule has 0 unspecified atom stereocenters. The lowest BCUT2D eigenvalue weighted by Crippen LogP contribution is -1.94. The van der Waals surface area contributed by atoms with Crippen molar-refractivity contribution < 1.29 is 14.6 Å². The first-order valence-electron chi connectivity index (χ1n) is 10.6. The Morgan fingerprint density at radius 1 is 0.654 bits per heavy atom. The molecule has 0 heterocycles. The van der Waals surface area contributed by atoms with Crippen molar-refractivity contribution >= 4 is 0 Å². The number of hydrogen-bond acceptors (Lipinski definition) is 3. The van der Waals surface area contributed by atoms with Gasteiger partial charge in [0.05, 0.1) is 14.2 Å². The van der Waals surface area contributed by atoms with Crippen LogP contribution in [-0.2, 0) is 6.42 Å². The molecule has 150 valence electrons. The SMILES string of the molecule is COc1ccc(OC)c(CCCCCCCCCCCCCCCO)c1. The Kier molecular flexibility index (Phi) is 14.0. The van der Waals surface area contributed by atoms with E-state index >= 15 is 0 Å². The average Bonchev–Trinajstić information content (AvgIpc) is 2.68. The number of aliphatic hydroxyl groups excluding tert-OH is 1. The van der Waals surface area contributed by atoms with Gasteiger partial charge >= 0.3 is 0 Å². The molecule has 0 amide bonds. The summed E-state index contributed by atoms with van der Waals surface area (Å²) in [6.45, 7) is 0.354. The summed E-state index contributed by atoms with van der Waals surface area (Å²) in [5, 5.41) is 8.74. The fourth-order valence-electron chi connectivity index (χ4n) is 3.45. The average molecular weight is 365 g/mol. The molecule has 0 atom stereocenters. The van der Waals surface area contributed by atoms with E-state index in [0.29, 0.717) is 6.61 Å². The van der Waals surface area contributed by atoms with E-state index in [4.69, 9.17) is 14.6 Å². The molecule has 1 N–H and O–H groups in total. The third-order valence-electron chi connectivity index (χ3n) is 5.09. The van der Waals surface area contributed by atoms with Gasteiger partial charge in [-0.25, -0.2) is 0 Å². The van der Waals surface area contributed by atoms with E-state index in [-0.39, 0.29) is 0 Å². The third-order valence-corrected chi connectivity index (χ3v) is 5.09. The van der Waals surface area contributed by atoms with Crippen LogP contribution in [0.1, 0.15) is 89.0 Å². The van der Waals surface area contributed by atoms with E-state index in [9.17, 15) is 0 Å². The van der Waals surface area contributed by atoms with Crippen molar-refractivity contribution in [2.24, 2.45) is 0 Å². The molecule has 0 saturated carbocycles. The van der Waals surface area contributed by atoms with Crippen LogP contribution >= 0.6 is 0 Å². The first-order valence-corrected chi connectivity index (χ1v) is 10.6. The maximum absolute atomic E-state index is 8.74. The topological polar surface area (TPSA) is 38.7 Å². The molecule has 0 saturated heterocycles. The maximum atomic E-state index is 8.74. The van der Waals surface area contributed by atoms with Crippen LogP contribution in [0.4, 0.5) is 0 Å². The number of aryl methyl sites for hydroxylation is 1. The molecule has 3 nitrogen and oxygen atoms in total. The second-order valence-electron chi connectivity index (χ2n) is 7.25. The molecule has 0 bridgehead atoms. The first-order chi connectivity index (χ1) is 12.8. The summed E-state index contributed by atoms with van der Waals surface area (Å²) in [6.07, 6.45) is 18.0. The van der Waals surface area contributed by atoms with Gasteiger partial charge in [-0.15, -0.1) is 0 Å². The van der Waals surface area contributed by atoms with Crippen molar-refractivity contribution in [2.45, 2.75) is 89.9 Å². The molecule has 26 heavy (non-hydrogen) atoms. The summed E-state index contributed by atoms with van der Waals surface area (Å²) in [7, 11) is 3.45. The maximum Gasteiger partial charge on any atom is 0.122 e. The first kappa shape index (κ1) is 22.8. The highest BCUT2D eigenvalue weighted by molar-refractivity contribution is 5.40. The summed E-state index contributed by atoms with van der Waals surface area (Å²) in [5.74, 6) is 1.89. The van der Waals surface area contributed by atoms with Gasteiger partial charge in [0.15, 0.2) is 0 Å². The largest absolute Gasteiger partial charge is 0.497 e. The van der Waals surface area contributed by atoms with Gasteiger partial charge in [-0.3, -0.25) is 0 Å². The zero-order valence-electron chi connectivity index (χ0n) is 17.1. The number of rotatable bonds is 17. The highest BCUT2D eigenvalue weighted by Crippen LogP contribution is 2.25. The molecule has 0 aliphatic rings. The molecule has 0 fully saturated rings. The Hall–Kier alpha value is -1.22. The Morgan fingerprint density at radius 2 is 1.15 bits per heavy atom. The van der Waals surface area contributed by atoms with Gasteiger partial charge in [0.25, 0.3) is 0 Å². The summed E-state index contributed by atoms with van der Waals surface area (Å²) < 4.78 is 10.8. The van der Waals surface area contributed by atoms with E-state index in [0.717, 1.165) is 24.3 Å². The van der Waals surface area contributed by atoms with Gasteiger partial charge in [0, 0.05) is 6.61 Å². The molecular weight excluding hydrogens is 324 g/mol. The zero-order chi connectivity index (χ0) is 18.9. The lowest BCUT2D eigenvalue weighted by molar-refractivity contribution is 0.282. The van der Waals surface area contributed by atoms with Gasteiger partial charge in [-0.1, -0.05) is 70.6 Å². The van der Waals surface area contributed by atoms with E-state index in [1.807, 2.05) is 12.1 Å². The van der Waals surface area contributed by atoms with Crippen LogP contribution in [0, 0.1) is 0 Å². The normalized spacial score (nSPS) is 10.9. The molecule has 0 spiro atoms. The second kappa shape index (κ2) is 16.0. The van der Waals surface area contributed by atoms with Gasteiger partial charge in [0.1, 0.15) is 11.5 Å². The highest BCUT2D eigenvalue weighted by Gasteiger charge is 2.04. The lowest BCUT2D eigenvalue weighted by Gasteiger charge is -2.10. The Bertz CT molecular complexity index is 445. The highest BCUT2D eigenvalue weighted by atomic mass is 16.5. The van der Waals surface area contributed by atoms with Crippen molar-refractivity contribution in [2.75, 3.05) is 20.8 Å². The zero-order valence-corrected chi connectivity index (χ0v) is 17.1. The quantitative estimate of drug-likeness (QED) is 0.329. The fraction of sp³-hybridized carbons (Fsp3) is 0.739. The molecule has 1 aromatic carbocycles. The van der Waals surface area contributed by atoms with Crippen molar-refractivity contribution in [1.29, 1.82) is 0 Å². The minimum atomic E-state index is 0.354. The van der Waals surface area contributed by atoms with Crippen LogP contribution in [0.15, 0.2) is 18.2 Å². The summed E-state index contributed by atoms with van der Waals surface area (Å²) in [5.41, 5.74) is 1.26. The molecular formula is C23H40O3. The number of benzene rings is 1. The van der Waals surface area contributed by atoms with Crippen molar-refractivity contribution in [3.05, 3.63) is 23.8 Å². The van der Waals surface area contributed by atoms with Gasteiger partial charge in [0.2, 0.25) is 0 Å². The summed E-state index contributed by atoms with van der Waals surface area (Å²) in [4.78, 5) is 0. The molecule has 0 radical (unpaired) electrons. The van der Waals surface area contributed by atoms with Crippen LogP contribution in [0.25, 0.3) is 0 Å². The lowest BCUT2D eigenvalue weighted by atomic mass is 10.0. The minimum Gasteiger partial charge on any atom is -0.497 e. The van der Waals surface area contributed by atoms with E-state index in [2.05, 4.69) is 6.07 Å². The number of aliphatic hydroxyl groups is 1. The van der Waals surface area contributed by atoms with E-state index in [1.165, 1.54) is 82.6 Å². The van der Waals surface area contributed by atoms with Crippen molar-refractivity contribution in [3.8, 4) is 11.5 Å². The van der Waals surface area contributed by atoms with Crippen LogP contribution < -0.4 is 9.47 Å². The predicted octanol–water partition coefficient (Wildman–Crippen LogP) is 6.31. The van der Waals surface area contributed by atoms with Crippen LogP contribution in [0.2, 0.25) is 0 Å². The van der Waals surface area contributed by atoms with E-state index < -0.39 is 0 Å². The predicted molar refractivity (Wildman–Crippen MR) is 110 cm³/mol. The molecule has 1 rings (SSSR count). The standard InChI is InChI=1S/C23H40O3/c1-25-22-17-18-23(26-2)21(20-22)16-14-12-10-8-6-4-3-5-7-9-11-13-15-19-24/h17-18,20,24H,3-16,19H2,1-2H3. The second-order valence-corrected chi connectivity index (χ2v) is 7.25. The minimum absolute atomic E-state index is 0.354. The van der Waals surface area contributed by atoms with Crippen molar-refractivity contribution in [1.82, 2.24) is 0 Å². The number of hydrogen-bond donors (Lipinski definition) is 1. The number of methoxy groups -OCH3 is 2. The van der Waals surface area contributed by atoms with Crippen LogP contribution in [-0.4, -0.2) is 25.9 Å². The van der Waals surface area contributed by atoms with Crippen LogP contribution in [0.5, 0.6) is 11.5 Å².